The van der Waals surface area contributed by atoms with Crippen LogP contribution >= 0.6 is 11.3 Å². The van der Waals surface area contributed by atoms with E-state index < -0.39 is 23.8 Å². The summed E-state index contributed by atoms with van der Waals surface area (Å²) in [4.78, 5) is 28.9. The second-order valence-corrected chi connectivity index (χ2v) is 6.92. The smallest absolute Gasteiger partial charge is 0.326 e. The van der Waals surface area contributed by atoms with Gasteiger partial charge >= 0.3 is 5.97 Å². The summed E-state index contributed by atoms with van der Waals surface area (Å²) in [6.07, 6.45) is -0.819. The van der Waals surface area contributed by atoms with E-state index in [1.165, 1.54) is 12.1 Å². The molecule has 1 aromatic heterocycles. The predicted molar refractivity (Wildman–Crippen MR) is 104 cm³/mol. The van der Waals surface area contributed by atoms with E-state index in [0.717, 1.165) is 11.3 Å². The molecule has 28 heavy (non-hydrogen) atoms. The minimum absolute atomic E-state index is 0.125. The molecule has 1 heterocycles. The minimum Gasteiger partial charge on any atom is -0.481 e. The predicted octanol–water partition coefficient (Wildman–Crippen LogP) is 3.30. The van der Waals surface area contributed by atoms with Gasteiger partial charge in [0.15, 0.2) is 10.9 Å². The number of ether oxygens (including phenoxy) is 2. The Balaban J connectivity index is 1.95. The molecule has 1 amide bonds. The van der Waals surface area contributed by atoms with Crippen LogP contribution < -0.4 is 9.54 Å². The van der Waals surface area contributed by atoms with Gasteiger partial charge in [-0.15, -0.1) is 0 Å². The topological polar surface area (TPSA) is 69.9 Å². The maximum absolute atomic E-state index is 13.6. The number of carbonyl (C=O) groups excluding carboxylic acids is 2. The van der Waals surface area contributed by atoms with E-state index in [4.69, 9.17) is 9.47 Å². The number of nitrogens with zero attached hydrogens (tertiary/aromatic N) is 2. The number of amides is 1. The van der Waals surface area contributed by atoms with Gasteiger partial charge in [0, 0.05) is 0 Å². The van der Waals surface area contributed by atoms with Crippen molar-refractivity contribution in [1.29, 1.82) is 0 Å². The van der Waals surface area contributed by atoms with Crippen molar-refractivity contribution in [2.45, 2.75) is 26.5 Å². The third kappa shape index (κ3) is 4.64. The van der Waals surface area contributed by atoms with Crippen LogP contribution in [-0.2, 0) is 20.9 Å². The second kappa shape index (κ2) is 8.79. The van der Waals surface area contributed by atoms with Crippen LogP contribution in [-0.4, -0.2) is 29.2 Å². The number of hydrogen-bond acceptors (Lipinski definition) is 5. The number of aromatic nitrogens is 1. The van der Waals surface area contributed by atoms with Crippen LogP contribution in [0.4, 0.5) is 4.39 Å². The van der Waals surface area contributed by atoms with E-state index in [1.807, 2.05) is 6.07 Å². The minimum atomic E-state index is -0.819. The van der Waals surface area contributed by atoms with Crippen molar-refractivity contribution in [3.8, 4) is 5.75 Å². The highest BCUT2D eigenvalue weighted by atomic mass is 32.1. The van der Waals surface area contributed by atoms with Gasteiger partial charge in [0.1, 0.15) is 18.1 Å². The van der Waals surface area contributed by atoms with Crippen LogP contribution in [0.5, 0.6) is 5.75 Å². The highest BCUT2D eigenvalue weighted by Crippen LogP contribution is 2.19. The van der Waals surface area contributed by atoms with Gasteiger partial charge in [-0.3, -0.25) is 9.59 Å². The maximum Gasteiger partial charge on any atom is 0.326 e. The summed E-state index contributed by atoms with van der Waals surface area (Å²) in [6.45, 7) is 3.42. The molecule has 0 saturated carbocycles. The number of halogens is 1. The van der Waals surface area contributed by atoms with E-state index in [9.17, 15) is 14.0 Å². The Morgan fingerprint density at radius 2 is 1.96 bits per heavy atom. The molecular formula is C20H19FN2O4S. The average Bonchev–Trinajstić information content (AvgIpc) is 2.98. The number of benzene rings is 2. The number of thiazole rings is 1. The summed E-state index contributed by atoms with van der Waals surface area (Å²) in [5.41, 5.74) is 0.600. The Morgan fingerprint density at radius 1 is 1.21 bits per heavy atom. The molecule has 146 valence electrons. The van der Waals surface area contributed by atoms with Gasteiger partial charge in [-0.1, -0.05) is 29.5 Å². The fourth-order valence-corrected chi connectivity index (χ4v) is 3.62. The van der Waals surface area contributed by atoms with E-state index in [-0.39, 0.29) is 18.0 Å². The second-order valence-electron chi connectivity index (χ2n) is 5.91. The standard InChI is InChI=1S/C20H19FN2O4S/c1-3-26-18(24)12-23-16-10-9-14(21)11-17(16)28-20(23)22-19(25)13(2)27-15-7-5-4-6-8-15/h4-11,13H,3,12H2,1-2H3. The Kier molecular flexibility index (Phi) is 6.20. The molecule has 0 bridgehead atoms. The molecule has 6 nitrogen and oxygen atoms in total. The van der Waals surface area contributed by atoms with Gasteiger partial charge < -0.3 is 14.0 Å². The molecule has 1 unspecified atom stereocenters. The molecule has 8 heteroatoms. The Bertz CT molecular complexity index is 1060. The third-order valence-electron chi connectivity index (χ3n) is 3.85. The summed E-state index contributed by atoms with van der Waals surface area (Å²) in [5.74, 6) is -0.824. The fourth-order valence-electron chi connectivity index (χ4n) is 2.56. The summed E-state index contributed by atoms with van der Waals surface area (Å²) >= 11 is 1.12. The molecule has 0 fully saturated rings. The normalized spacial score (nSPS) is 12.8. The van der Waals surface area contributed by atoms with Crippen molar-refractivity contribution in [3.05, 3.63) is 59.1 Å². The van der Waals surface area contributed by atoms with Crippen molar-refractivity contribution >= 4 is 33.4 Å². The molecule has 0 aliphatic carbocycles. The largest absolute Gasteiger partial charge is 0.481 e. The maximum atomic E-state index is 13.6. The zero-order valence-corrected chi connectivity index (χ0v) is 16.2. The number of hydrogen-bond donors (Lipinski definition) is 0. The summed E-state index contributed by atoms with van der Waals surface area (Å²) in [5, 5.41) is 0. The van der Waals surface area contributed by atoms with Gasteiger partial charge in [0.25, 0.3) is 5.91 Å². The fraction of sp³-hybridized carbons (Fsp3) is 0.250. The molecule has 0 radical (unpaired) electrons. The van der Waals surface area contributed by atoms with Crippen LogP contribution in [0.25, 0.3) is 10.2 Å². The molecule has 2 aromatic carbocycles. The highest BCUT2D eigenvalue weighted by molar-refractivity contribution is 7.16. The lowest BCUT2D eigenvalue weighted by molar-refractivity contribution is -0.143. The Morgan fingerprint density at radius 3 is 2.68 bits per heavy atom. The lowest BCUT2D eigenvalue weighted by atomic mass is 10.3. The first kappa shape index (κ1) is 19.8. The molecule has 0 saturated heterocycles. The van der Waals surface area contributed by atoms with Crippen molar-refractivity contribution in [1.82, 2.24) is 4.57 Å². The van der Waals surface area contributed by atoms with Crippen LogP contribution in [0.3, 0.4) is 0 Å². The Labute approximate surface area is 164 Å². The first-order chi connectivity index (χ1) is 13.5. The quantitative estimate of drug-likeness (QED) is 0.593. The molecule has 3 rings (SSSR count). The number of fused-ring (bicyclic) bond motifs is 1. The summed E-state index contributed by atoms with van der Waals surface area (Å²) < 4.78 is 26.3. The van der Waals surface area contributed by atoms with E-state index in [1.54, 1.807) is 48.7 Å². The molecule has 0 spiro atoms. The number of carbonyl (C=O) groups is 2. The highest BCUT2D eigenvalue weighted by Gasteiger charge is 2.17. The first-order valence-corrected chi connectivity index (χ1v) is 9.54. The molecule has 0 aliphatic rings. The van der Waals surface area contributed by atoms with E-state index in [2.05, 4.69) is 4.99 Å². The van der Waals surface area contributed by atoms with Gasteiger partial charge in [0.2, 0.25) is 0 Å². The van der Waals surface area contributed by atoms with Crippen LogP contribution in [0.2, 0.25) is 0 Å². The van der Waals surface area contributed by atoms with Crippen molar-refractivity contribution in [2.24, 2.45) is 4.99 Å². The summed E-state index contributed by atoms with van der Waals surface area (Å²) in [7, 11) is 0. The van der Waals surface area contributed by atoms with Crippen LogP contribution in [0.15, 0.2) is 53.5 Å². The van der Waals surface area contributed by atoms with Crippen molar-refractivity contribution in [2.75, 3.05) is 6.61 Å². The van der Waals surface area contributed by atoms with Crippen LogP contribution in [0, 0.1) is 5.82 Å². The van der Waals surface area contributed by atoms with Gasteiger partial charge in [0.05, 0.1) is 16.8 Å². The number of rotatable bonds is 6. The van der Waals surface area contributed by atoms with Crippen molar-refractivity contribution in [3.63, 3.8) is 0 Å². The zero-order chi connectivity index (χ0) is 20.1. The molecule has 1 atom stereocenters. The molecular weight excluding hydrogens is 383 g/mol. The van der Waals surface area contributed by atoms with Crippen molar-refractivity contribution < 1.29 is 23.5 Å². The summed E-state index contributed by atoms with van der Waals surface area (Å²) in [6, 6.07) is 13.1. The van der Waals surface area contributed by atoms with E-state index in [0.29, 0.717) is 16.0 Å². The molecule has 0 aliphatic heterocycles. The average molecular weight is 402 g/mol. The molecule has 0 N–H and O–H groups in total. The monoisotopic (exact) mass is 402 g/mol. The Hall–Kier alpha value is -3.00. The number of esters is 1. The third-order valence-corrected chi connectivity index (χ3v) is 4.89. The lowest BCUT2D eigenvalue weighted by Crippen LogP contribution is -2.27. The zero-order valence-electron chi connectivity index (χ0n) is 15.4. The van der Waals surface area contributed by atoms with E-state index >= 15 is 0 Å². The SMILES string of the molecule is CCOC(=O)Cn1c(=NC(=O)C(C)Oc2ccccc2)sc2cc(F)ccc21. The lowest BCUT2D eigenvalue weighted by Gasteiger charge is -2.10. The first-order valence-electron chi connectivity index (χ1n) is 8.72. The van der Waals surface area contributed by atoms with Crippen LogP contribution in [0.1, 0.15) is 13.8 Å². The molecule has 3 aromatic rings. The van der Waals surface area contributed by atoms with Gasteiger partial charge in [-0.2, -0.15) is 4.99 Å². The number of para-hydroxylation sites is 1. The van der Waals surface area contributed by atoms with Gasteiger partial charge in [-0.05, 0) is 44.2 Å². The van der Waals surface area contributed by atoms with Gasteiger partial charge in [-0.25, -0.2) is 4.39 Å².